The van der Waals surface area contributed by atoms with Gasteiger partial charge in [-0.05, 0) is 36.5 Å². The van der Waals surface area contributed by atoms with Crippen LogP contribution in [0.3, 0.4) is 0 Å². The molecule has 168 valence electrons. The van der Waals surface area contributed by atoms with Crippen LogP contribution in [-0.2, 0) is 28.5 Å². The van der Waals surface area contributed by atoms with Crippen LogP contribution in [0.1, 0.15) is 22.6 Å². The maximum Gasteiger partial charge on any atom is 0.354 e. The fourth-order valence-corrected chi connectivity index (χ4v) is 5.46. The Hall–Kier alpha value is -2.81. The summed E-state index contributed by atoms with van der Waals surface area (Å²) in [6.45, 7) is -1.02. The minimum atomic E-state index is -3.73. The average Bonchev–Trinajstić information content (AvgIpc) is 3.45. The number of urea groups is 1. The first-order valence-electron chi connectivity index (χ1n) is 9.50. The highest BCUT2D eigenvalue weighted by Gasteiger charge is 2.30. The van der Waals surface area contributed by atoms with Gasteiger partial charge in [-0.3, -0.25) is 0 Å². The number of nitrogens with zero attached hydrogens (tertiary/aromatic N) is 4. The summed E-state index contributed by atoms with van der Waals surface area (Å²) < 4.78 is 16.4. The molecule has 3 aromatic rings. The summed E-state index contributed by atoms with van der Waals surface area (Å²) in [5, 5.41) is 36.5. The van der Waals surface area contributed by atoms with E-state index in [1.54, 1.807) is 12.3 Å². The molecule has 0 saturated carbocycles. The molecule has 2 heterocycles. The molecule has 2 aromatic heterocycles. The zero-order valence-corrected chi connectivity index (χ0v) is 18.3. The Bertz CT molecular complexity index is 1280. The summed E-state index contributed by atoms with van der Waals surface area (Å²) in [5.74, 6) is -2.61. The average molecular weight is 477 g/mol. The van der Waals surface area contributed by atoms with Crippen LogP contribution in [0.5, 0.6) is 0 Å². The first-order valence-corrected chi connectivity index (χ1v) is 11.9. The molecule has 0 aliphatic heterocycles. The Labute approximate surface area is 187 Å². The van der Waals surface area contributed by atoms with E-state index in [4.69, 9.17) is 10.2 Å². The second-order valence-electron chi connectivity index (χ2n) is 7.12. The van der Waals surface area contributed by atoms with Crippen molar-refractivity contribution < 1.29 is 24.3 Å². The van der Waals surface area contributed by atoms with E-state index in [1.807, 2.05) is 12.1 Å². The Morgan fingerprint density at radius 2 is 2.09 bits per heavy atom. The zero-order valence-electron chi connectivity index (χ0n) is 16.6. The van der Waals surface area contributed by atoms with E-state index in [-0.39, 0.29) is 9.22 Å². The molecule has 4 rings (SSSR count). The molecule has 1 atom stereocenters. The summed E-state index contributed by atoms with van der Waals surface area (Å²) in [6, 6.07) is 4.64. The number of nitrogens with two attached hydrogens (primary N) is 1. The number of thiazole rings is 1. The second-order valence-corrected chi connectivity index (χ2v) is 10.2. The van der Waals surface area contributed by atoms with Crippen LogP contribution >= 0.6 is 11.3 Å². The molecule has 6 N–H and O–H groups in total. The fraction of sp³-hybridized carbons (Fsp3) is 0.263. The standard InChI is InChI=1S/C19H20N6O5S2/c20-32(30,15-8-22-17(31-15)19(28,29)9-26)25-18(27)24-16-12-3-1-2-11(12)4-5-13(16)14-6-7-21-10-23-14/h4-8,10,26,28-29H,1-3,9H2,(H3,20,24,25,27,30). The molecular weight excluding hydrogens is 456 g/mol. The van der Waals surface area contributed by atoms with Crippen LogP contribution in [0.2, 0.25) is 0 Å². The third-order valence-corrected chi connectivity index (χ3v) is 7.94. The lowest BCUT2D eigenvalue weighted by Crippen LogP contribution is -2.29. The van der Waals surface area contributed by atoms with Crippen molar-refractivity contribution in [1.82, 2.24) is 15.0 Å². The maximum absolute atomic E-state index is 12.9. The van der Waals surface area contributed by atoms with Crippen molar-refractivity contribution in [3.8, 4) is 11.3 Å². The van der Waals surface area contributed by atoms with Crippen LogP contribution < -0.4 is 10.5 Å². The number of carbonyl (C=O) groups is 1. The summed E-state index contributed by atoms with van der Waals surface area (Å²) in [6.07, 6.45) is 6.61. The molecule has 1 aliphatic carbocycles. The smallest absolute Gasteiger partial charge is 0.354 e. The third-order valence-electron chi connectivity index (χ3n) is 4.93. The van der Waals surface area contributed by atoms with Gasteiger partial charge in [0.1, 0.15) is 17.1 Å². The van der Waals surface area contributed by atoms with E-state index in [9.17, 15) is 19.2 Å². The predicted octanol–water partition coefficient (Wildman–Crippen LogP) is 1.15. The van der Waals surface area contributed by atoms with Gasteiger partial charge in [0.15, 0.2) is 14.9 Å². The van der Waals surface area contributed by atoms with Gasteiger partial charge >= 0.3 is 6.03 Å². The van der Waals surface area contributed by atoms with Gasteiger partial charge in [-0.25, -0.2) is 29.1 Å². The number of aliphatic hydroxyl groups is 3. The molecule has 0 bridgehead atoms. The molecule has 11 nitrogen and oxygen atoms in total. The zero-order chi connectivity index (χ0) is 22.9. The van der Waals surface area contributed by atoms with Crippen molar-refractivity contribution >= 4 is 33.0 Å². The number of hydrogen-bond donors (Lipinski definition) is 5. The van der Waals surface area contributed by atoms with Crippen molar-refractivity contribution in [3.63, 3.8) is 0 Å². The maximum atomic E-state index is 12.9. The van der Waals surface area contributed by atoms with E-state index in [0.29, 0.717) is 28.3 Å². The van der Waals surface area contributed by atoms with Gasteiger partial charge < -0.3 is 20.6 Å². The molecular formula is C19H20N6O5S2. The van der Waals surface area contributed by atoms with Crippen LogP contribution in [-0.4, -0.2) is 47.1 Å². The predicted molar refractivity (Wildman–Crippen MR) is 117 cm³/mol. The molecule has 0 spiro atoms. The molecule has 2 amide bonds. The Morgan fingerprint density at radius 3 is 2.81 bits per heavy atom. The summed E-state index contributed by atoms with van der Waals surface area (Å²) in [7, 11) is -3.73. The van der Waals surface area contributed by atoms with Gasteiger partial charge in [-0.2, -0.15) is 0 Å². The van der Waals surface area contributed by atoms with Crippen LogP contribution in [0.15, 0.2) is 45.5 Å². The fourth-order valence-electron chi connectivity index (χ4n) is 3.42. The Kier molecular flexibility index (Phi) is 6.03. The first kappa shape index (κ1) is 22.4. The van der Waals surface area contributed by atoms with Crippen LogP contribution in [0.4, 0.5) is 10.5 Å². The Morgan fingerprint density at radius 1 is 1.28 bits per heavy atom. The SMILES string of the molecule is NS(=O)(=NC(=O)Nc1c(-c2ccncn2)ccc2c1CCC2)c1cnc(C(O)(O)CO)s1. The van der Waals surface area contributed by atoms with Crippen molar-refractivity contribution in [3.05, 3.63) is 53.1 Å². The number of hydrogen-bond acceptors (Lipinski definition) is 9. The van der Waals surface area contributed by atoms with Crippen molar-refractivity contribution in [1.29, 1.82) is 0 Å². The molecule has 13 heteroatoms. The molecule has 1 unspecified atom stereocenters. The van der Waals surface area contributed by atoms with Crippen LogP contribution in [0.25, 0.3) is 11.3 Å². The molecule has 32 heavy (non-hydrogen) atoms. The lowest BCUT2D eigenvalue weighted by atomic mass is 10.0. The van der Waals surface area contributed by atoms with E-state index >= 15 is 0 Å². The minimum absolute atomic E-state index is 0.141. The summed E-state index contributed by atoms with van der Waals surface area (Å²) in [4.78, 5) is 24.6. The summed E-state index contributed by atoms with van der Waals surface area (Å²) in [5.41, 5.74) is 3.87. The van der Waals surface area contributed by atoms with Crippen molar-refractivity contribution in [2.24, 2.45) is 9.50 Å². The molecule has 1 aliphatic rings. The van der Waals surface area contributed by atoms with E-state index in [0.717, 1.165) is 36.6 Å². The van der Waals surface area contributed by atoms with E-state index in [2.05, 4.69) is 24.6 Å². The number of aryl methyl sites for hydroxylation is 1. The third kappa shape index (κ3) is 4.39. The number of benzene rings is 1. The van der Waals surface area contributed by atoms with Gasteiger partial charge in [-0.15, -0.1) is 15.7 Å². The van der Waals surface area contributed by atoms with Gasteiger partial charge in [0.25, 0.3) is 0 Å². The highest BCUT2D eigenvalue weighted by Crippen LogP contribution is 2.37. The van der Waals surface area contributed by atoms with Gasteiger partial charge in [0.2, 0.25) is 5.79 Å². The van der Waals surface area contributed by atoms with Gasteiger partial charge in [-0.1, -0.05) is 12.1 Å². The first-order chi connectivity index (χ1) is 15.2. The normalized spacial score (nSPS) is 15.1. The van der Waals surface area contributed by atoms with Gasteiger partial charge in [0, 0.05) is 11.8 Å². The number of amides is 2. The molecule has 0 radical (unpaired) electrons. The number of anilines is 1. The largest absolute Gasteiger partial charge is 0.390 e. The summed E-state index contributed by atoms with van der Waals surface area (Å²) >= 11 is 0.577. The Balaban J connectivity index is 1.68. The lowest BCUT2D eigenvalue weighted by molar-refractivity contribution is -0.195. The minimum Gasteiger partial charge on any atom is -0.390 e. The second kappa shape index (κ2) is 8.61. The highest BCUT2D eigenvalue weighted by molar-refractivity contribution is 7.93. The highest BCUT2D eigenvalue weighted by atomic mass is 32.2. The number of aromatic nitrogens is 3. The number of rotatable bonds is 5. The number of carbonyl (C=O) groups excluding carboxylic acids is 1. The van der Waals surface area contributed by atoms with E-state index < -0.39 is 28.3 Å². The number of nitrogens with one attached hydrogen (secondary N) is 1. The quantitative estimate of drug-likeness (QED) is 0.339. The lowest BCUT2D eigenvalue weighted by Gasteiger charge is -2.15. The van der Waals surface area contributed by atoms with E-state index in [1.165, 1.54) is 6.33 Å². The molecule has 1 aromatic carbocycles. The van der Waals surface area contributed by atoms with Crippen molar-refractivity contribution in [2.75, 3.05) is 11.9 Å². The monoisotopic (exact) mass is 476 g/mol. The van der Waals surface area contributed by atoms with Crippen molar-refractivity contribution in [2.45, 2.75) is 29.3 Å². The van der Waals surface area contributed by atoms with Gasteiger partial charge in [0.05, 0.1) is 17.6 Å². The topological polar surface area (TPSA) is 184 Å². The number of fused-ring (bicyclic) bond motifs is 1. The molecule has 0 fully saturated rings. The number of aliphatic hydroxyl groups excluding tert-OH is 1. The van der Waals surface area contributed by atoms with Crippen LogP contribution in [0, 0.1) is 0 Å². The molecule has 0 saturated heterocycles.